The van der Waals surface area contributed by atoms with E-state index in [0.29, 0.717) is 31.8 Å². The molecule has 1 N–H and O–H groups in total. The van der Waals surface area contributed by atoms with Crippen LogP contribution in [-0.2, 0) is 14.3 Å². The molecule has 32 heavy (non-hydrogen) atoms. The molecular formula is C21H28F3N3O5. The van der Waals surface area contributed by atoms with Gasteiger partial charge >= 0.3 is 12.1 Å². The van der Waals surface area contributed by atoms with Gasteiger partial charge in [0.15, 0.2) is 0 Å². The maximum atomic E-state index is 12.9. The molecule has 0 aromatic carbocycles. The molecule has 3 rings (SSSR count). The smallest absolute Gasteiger partial charge is 0.475 e. The first kappa shape index (κ1) is 25.6. The number of carbonyl (C=O) groups is 3. The highest BCUT2D eigenvalue weighted by Crippen LogP contribution is 2.41. The number of aryl methyl sites for hydroxylation is 1. The summed E-state index contributed by atoms with van der Waals surface area (Å²) in [4.78, 5) is 42.5. The van der Waals surface area contributed by atoms with Crippen LogP contribution in [0.15, 0.2) is 18.5 Å². The number of hydrogen-bond donors (Lipinski definition) is 1. The van der Waals surface area contributed by atoms with Crippen LogP contribution in [0.25, 0.3) is 0 Å². The second kappa shape index (κ2) is 10.8. The summed E-state index contributed by atoms with van der Waals surface area (Å²) in [5, 5.41) is 7.12. The summed E-state index contributed by atoms with van der Waals surface area (Å²) in [6.07, 6.45) is 1.67. The van der Waals surface area contributed by atoms with E-state index in [1.54, 1.807) is 19.5 Å². The van der Waals surface area contributed by atoms with Crippen molar-refractivity contribution in [3.05, 3.63) is 29.6 Å². The molecule has 2 saturated heterocycles. The summed E-state index contributed by atoms with van der Waals surface area (Å²) >= 11 is 0. The molecule has 0 bridgehead atoms. The minimum atomic E-state index is -5.08. The number of ether oxygens (including phenoxy) is 1. The summed E-state index contributed by atoms with van der Waals surface area (Å²) in [6, 6.07) is 1.88. The van der Waals surface area contributed by atoms with Crippen LogP contribution in [0.1, 0.15) is 41.6 Å². The number of halogens is 3. The van der Waals surface area contributed by atoms with Crippen molar-refractivity contribution in [2.24, 2.45) is 5.41 Å². The number of aromatic nitrogens is 1. The minimum absolute atomic E-state index is 0.0231. The SMILES string of the molecule is COCCN1CCC2(CCCN(C(=O)c3cncc(C)c3)CC2)C1=O.O=C(O)C(F)(F)F. The predicted octanol–water partition coefficient (Wildman–Crippen LogP) is 2.51. The van der Waals surface area contributed by atoms with Crippen molar-refractivity contribution in [2.45, 2.75) is 38.8 Å². The number of amides is 2. The molecule has 8 nitrogen and oxygen atoms in total. The highest BCUT2D eigenvalue weighted by molar-refractivity contribution is 5.94. The van der Waals surface area contributed by atoms with Gasteiger partial charge in [0, 0.05) is 45.7 Å². The summed E-state index contributed by atoms with van der Waals surface area (Å²) in [5.74, 6) is -2.49. The number of carbonyl (C=O) groups excluding carboxylic acids is 2. The lowest BCUT2D eigenvalue weighted by Crippen LogP contribution is -2.37. The molecular weight excluding hydrogens is 431 g/mol. The number of methoxy groups -OCH3 is 1. The van der Waals surface area contributed by atoms with Crippen LogP contribution in [0.2, 0.25) is 0 Å². The average Bonchev–Trinajstić information content (AvgIpc) is 2.90. The Kier molecular flexibility index (Phi) is 8.59. The van der Waals surface area contributed by atoms with Gasteiger partial charge in [-0.1, -0.05) is 0 Å². The van der Waals surface area contributed by atoms with Crippen LogP contribution in [-0.4, -0.2) is 83.7 Å². The van der Waals surface area contributed by atoms with Crippen LogP contribution in [0.5, 0.6) is 0 Å². The van der Waals surface area contributed by atoms with Gasteiger partial charge in [-0.15, -0.1) is 0 Å². The quantitative estimate of drug-likeness (QED) is 0.743. The van der Waals surface area contributed by atoms with Gasteiger partial charge in [0.25, 0.3) is 5.91 Å². The number of carboxylic acids is 1. The van der Waals surface area contributed by atoms with Crippen LogP contribution in [0, 0.1) is 12.3 Å². The molecule has 11 heteroatoms. The molecule has 1 aromatic rings. The van der Waals surface area contributed by atoms with Gasteiger partial charge in [-0.3, -0.25) is 14.6 Å². The number of hydrogen-bond acceptors (Lipinski definition) is 5. The van der Waals surface area contributed by atoms with Crippen molar-refractivity contribution in [1.29, 1.82) is 0 Å². The summed E-state index contributed by atoms with van der Waals surface area (Å²) in [6.45, 7) is 5.32. The Balaban J connectivity index is 0.000000451. The lowest BCUT2D eigenvalue weighted by atomic mass is 9.79. The van der Waals surface area contributed by atoms with E-state index < -0.39 is 12.1 Å². The molecule has 0 aliphatic carbocycles. The highest BCUT2D eigenvalue weighted by atomic mass is 19.4. The fraction of sp³-hybridized carbons (Fsp3) is 0.619. The molecule has 2 amide bonds. The molecule has 1 unspecified atom stereocenters. The standard InChI is InChI=1S/C19H27N3O3.C2HF3O2/c1-15-12-16(14-20-13-15)17(23)21-7-3-4-19(5-8-21)6-9-22(18(19)24)10-11-25-2;3-2(4,5)1(6)7/h12-14H,3-11H2,1-2H3;(H,6,7). The van der Waals surface area contributed by atoms with Crippen molar-refractivity contribution in [1.82, 2.24) is 14.8 Å². The Morgan fingerprint density at radius 1 is 1.19 bits per heavy atom. The Hall–Kier alpha value is -2.69. The van der Waals surface area contributed by atoms with Crippen LogP contribution in [0.4, 0.5) is 13.2 Å². The highest BCUT2D eigenvalue weighted by Gasteiger charge is 2.47. The molecule has 178 valence electrons. The van der Waals surface area contributed by atoms with Crippen LogP contribution in [0.3, 0.4) is 0 Å². The van der Waals surface area contributed by atoms with Crippen molar-refractivity contribution in [3.8, 4) is 0 Å². The lowest BCUT2D eigenvalue weighted by Gasteiger charge is -2.26. The second-order valence-electron chi connectivity index (χ2n) is 8.01. The molecule has 0 saturated carbocycles. The maximum Gasteiger partial charge on any atom is 0.490 e. The molecule has 1 aromatic heterocycles. The van der Waals surface area contributed by atoms with Gasteiger partial charge in [0.05, 0.1) is 17.6 Å². The van der Waals surface area contributed by atoms with E-state index >= 15 is 0 Å². The summed E-state index contributed by atoms with van der Waals surface area (Å²) < 4.78 is 36.8. The lowest BCUT2D eigenvalue weighted by molar-refractivity contribution is -0.192. The van der Waals surface area contributed by atoms with E-state index in [2.05, 4.69) is 4.98 Å². The largest absolute Gasteiger partial charge is 0.490 e. The predicted molar refractivity (Wildman–Crippen MR) is 108 cm³/mol. The van der Waals surface area contributed by atoms with Gasteiger partial charge in [0.2, 0.25) is 5.91 Å². The van der Waals surface area contributed by atoms with Crippen LogP contribution >= 0.6 is 0 Å². The maximum absolute atomic E-state index is 12.9. The first-order valence-electron chi connectivity index (χ1n) is 10.3. The average molecular weight is 459 g/mol. The zero-order chi connectivity index (χ0) is 23.9. The fourth-order valence-corrected chi connectivity index (χ4v) is 4.02. The first-order chi connectivity index (χ1) is 15.0. The van der Waals surface area contributed by atoms with Crippen molar-refractivity contribution in [2.75, 3.05) is 39.9 Å². The van der Waals surface area contributed by atoms with E-state index in [0.717, 1.165) is 37.8 Å². The third kappa shape index (κ3) is 6.41. The van der Waals surface area contributed by atoms with E-state index in [1.165, 1.54) is 0 Å². The summed E-state index contributed by atoms with van der Waals surface area (Å²) in [7, 11) is 1.66. The van der Waals surface area contributed by atoms with Gasteiger partial charge in [-0.2, -0.15) is 13.2 Å². The first-order valence-corrected chi connectivity index (χ1v) is 10.3. The molecule has 3 heterocycles. The molecule has 1 spiro atoms. The Morgan fingerprint density at radius 2 is 1.84 bits per heavy atom. The summed E-state index contributed by atoms with van der Waals surface area (Å²) in [5.41, 5.74) is 1.33. The number of pyridine rings is 1. The van der Waals surface area contributed by atoms with E-state index in [4.69, 9.17) is 14.6 Å². The van der Waals surface area contributed by atoms with E-state index in [9.17, 15) is 22.8 Å². The Labute approximate surface area is 184 Å². The van der Waals surface area contributed by atoms with Gasteiger partial charge in [0.1, 0.15) is 0 Å². The molecule has 2 aliphatic heterocycles. The van der Waals surface area contributed by atoms with Gasteiger partial charge in [-0.25, -0.2) is 4.79 Å². The minimum Gasteiger partial charge on any atom is -0.475 e. The number of aliphatic carboxylic acids is 1. The Morgan fingerprint density at radius 3 is 2.44 bits per heavy atom. The molecule has 0 radical (unpaired) electrons. The van der Waals surface area contributed by atoms with Gasteiger partial charge in [-0.05, 0) is 44.2 Å². The Bertz CT molecular complexity index is 833. The monoisotopic (exact) mass is 459 g/mol. The normalized spacial score (nSPS) is 21.2. The molecule has 2 aliphatic rings. The van der Waals surface area contributed by atoms with Gasteiger partial charge < -0.3 is 19.6 Å². The third-order valence-electron chi connectivity index (χ3n) is 5.76. The number of rotatable bonds is 4. The molecule has 1 atom stereocenters. The molecule has 2 fully saturated rings. The van der Waals surface area contributed by atoms with E-state index in [1.807, 2.05) is 22.8 Å². The van der Waals surface area contributed by atoms with Crippen LogP contribution < -0.4 is 0 Å². The number of likely N-dealkylation sites (tertiary alicyclic amines) is 2. The van der Waals surface area contributed by atoms with E-state index in [-0.39, 0.29) is 17.2 Å². The van der Waals surface area contributed by atoms with Crippen molar-refractivity contribution < 1.29 is 37.4 Å². The zero-order valence-corrected chi connectivity index (χ0v) is 18.2. The number of carboxylic acid groups (broad SMARTS) is 1. The fourth-order valence-electron chi connectivity index (χ4n) is 4.02. The number of alkyl halides is 3. The van der Waals surface area contributed by atoms with Crippen molar-refractivity contribution >= 4 is 17.8 Å². The zero-order valence-electron chi connectivity index (χ0n) is 18.2. The topological polar surface area (TPSA) is 100 Å². The number of nitrogens with zero attached hydrogens (tertiary/aromatic N) is 3. The third-order valence-corrected chi connectivity index (χ3v) is 5.76. The van der Waals surface area contributed by atoms with Crippen molar-refractivity contribution in [3.63, 3.8) is 0 Å². The second-order valence-corrected chi connectivity index (χ2v) is 8.01.